The molecule has 1 amide bonds. The minimum Gasteiger partial charge on any atom is -0.444 e. The summed E-state index contributed by atoms with van der Waals surface area (Å²) in [5.41, 5.74) is 2.60. The van der Waals surface area contributed by atoms with E-state index >= 15 is 0 Å². The number of ether oxygens (including phenoxy) is 1. The number of benzene rings is 1. The summed E-state index contributed by atoms with van der Waals surface area (Å²) in [6, 6.07) is 6.15. The van der Waals surface area contributed by atoms with Gasteiger partial charge in [-0.1, -0.05) is 32.0 Å². The Bertz CT molecular complexity index is 594. The van der Waals surface area contributed by atoms with Gasteiger partial charge in [0.1, 0.15) is 5.60 Å². The molecular formula is C21H34N2O3. The number of hydrogen-bond donors (Lipinski definition) is 2. The lowest BCUT2D eigenvalue weighted by molar-refractivity contribution is 0.0235. The number of nitrogens with one attached hydrogen (secondary N) is 1. The third-order valence-electron chi connectivity index (χ3n) is 4.72. The highest BCUT2D eigenvalue weighted by Gasteiger charge is 2.32. The monoisotopic (exact) mass is 362 g/mol. The number of anilines is 1. The first kappa shape index (κ1) is 20.6. The van der Waals surface area contributed by atoms with E-state index in [2.05, 4.69) is 25.2 Å². The van der Waals surface area contributed by atoms with Crippen molar-refractivity contribution in [2.45, 2.75) is 78.0 Å². The largest absolute Gasteiger partial charge is 0.444 e. The van der Waals surface area contributed by atoms with Crippen LogP contribution in [0.5, 0.6) is 0 Å². The molecule has 1 fully saturated rings. The third-order valence-corrected chi connectivity index (χ3v) is 4.72. The molecule has 1 heterocycles. The number of rotatable bonds is 5. The van der Waals surface area contributed by atoms with E-state index in [4.69, 9.17) is 4.74 Å². The van der Waals surface area contributed by atoms with Crippen LogP contribution in [0.3, 0.4) is 0 Å². The van der Waals surface area contributed by atoms with Gasteiger partial charge in [-0.05, 0) is 52.0 Å². The lowest BCUT2D eigenvalue weighted by atomic mass is 9.95. The lowest BCUT2D eigenvalue weighted by Gasteiger charge is -2.29. The second kappa shape index (κ2) is 8.30. The van der Waals surface area contributed by atoms with Gasteiger partial charge in [-0.3, -0.25) is 0 Å². The minimum absolute atomic E-state index is 0.104. The normalized spacial score (nSPS) is 18.9. The maximum Gasteiger partial charge on any atom is 0.410 e. The van der Waals surface area contributed by atoms with Crippen molar-refractivity contribution >= 4 is 11.8 Å². The van der Waals surface area contributed by atoms with Crippen LogP contribution in [-0.2, 0) is 4.74 Å². The van der Waals surface area contributed by atoms with E-state index in [1.807, 2.05) is 37.8 Å². The van der Waals surface area contributed by atoms with Crippen molar-refractivity contribution in [3.8, 4) is 0 Å². The van der Waals surface area contributed by atoms with Gasteiger partial charge in [0.15, 0.2) is 0 Å². The van der Waals surface area contributed by atoms with Gasteiger partial charge < -0.3 is 20.1 Å². The number of hydrogen-bond acceptors (Lipinski definition) is 4. The predicted molar refractivity (Wildman–Crippen MR) is 106 cm³/mol. The summed E-state index contributed by atoms with van der Waals surface area (Å²) >= 11 is 0. The summed E-state index contributed by atoms with van der Waals surface area (Å²) in [7, 11) is 0. The average Bonchev–Trinajstić information content (AvgIpc) is 2.99. The smallest absolute Gasteiger partial charge is 0.410 e. The first-order valence-electron chi connectivity index (χ1n) is 9.64. The van der Waals surface area contributed by atoms with Crippen LogP contribution < -0.4 is 5.32 Å². The van der Waals surface area contributed by atoms with Crippen LogP contribution in [0.4, 0.5) is 10.5 Å². The van der Waals surface area contributed by atoms with Crippen LogP contribution in [0.1, 0.15) is 77.5 Å². The fourth-order valence-corrected chi connectivity index (χ4v) is 3.45. The standard InChI is InChI=1S/C21H34N2O3/c1-14(2)17-10-7-11-18(15(3)24)19(17)22-13-16-9-8-12-23(16)20(25)26-21(4,5)6/h7,10-11,14-16,22,24H,8-9,12-13H2,1-6H3. The van der Waals surface area contributed by atoms with Crippen LogP contribution in [0.25, 0.3) is 0 Å². The second-order valence-corrected chi connectivity index (χ2v) is 8.49. The Morgan fingerprint density at radius 1 is 1.31 bits per heavy atom. The van der Waals surface area contributed by atoms with E-state index in [0.717, 1.165) is 30.6 Å². The van der Waals surface area contributed by atoms with Crippen LogP contribution >= 0.6 is 0 Å². The molecule has 0 aliphatic carbocycles. The van der Waals surface area contributed by atoms with Crippen molar-refractivity contribution in [1.29, 1.82) is 0 Å². The molecule has 0 radical (unpaired) electrons. The van der Waals surface area contributed by atoms with Crippen molar-refractivity contribution in [3.05, 3.63) is 29.3 Å². The molecule has 5 heteroatoms. The quantitative estimate of drug-likeness (QED) is 0.799. The molecule has 1 aliphatic rings. The van der Waals surface area contributed by atoms with E-state index in [9.17, 15) is 9.90 Å². The molecule has 0 aromatic heterocycles. The van der Waals surface area contributed by atoms with Crippen molar-refractivity contribution in [1.82, 2.24) is 4.90 Å². The highest BCUT2D eigenvalue weighted by Crippen LogP contribution is 2.32. The Morgan fingerprint density at radius 2 is 1.96 bits per heavy atom. The van der Waals surface area contributed by atoms with Gasteiger partial charge >= 0.3 is 6.09 Å². The van der Waals surface area contributed by atoms with E-state index in [-0.39, 0.29) is 12.1 Å². The molecule has 2 N–H and O–H groups in total. The Hall–Kier alpha value is -1.75. The second-order valence-electron chi connectivity index (χ2n) is 8.49. The molecule has 2 rings (SSSR count). The van der Waals surface area contributed by atoms with Gasteiger partial charge in [0.25, 0.3) is 0 Å². The fourth-order valence-electron chi connectivity index (χ4n) is 3.45. The average molecular weight is 363 g/mol. The molecule has 1 aliphatic heterocycles. The molecule has 1 aromatic carbocycles. The van der Waals surface area contributed by atoms with Gasteiger partial charge in [-0.2, -0.15) is 0 Å². The van der Waals surface area contributed by atoms with Gasteiger partial charge in [0.2, 0.25) is 0 Å². The Kier molecular flexibility index (Phi) is 6.56. The fraction of sp³-hybridized carbons (Fsp3) is 0.667. The Labute approximate surface area is 157 Å². The SMILES string of the molecule is CC(C)c1cccc(C(C)O)c1NCC1CCCN1C(=O)OC(C)(C)C. The zero-order chi connectivity index (χ0) is 19.5. The molecule has 26 heavy (non-hydrogen) atoms. The molecule has 0 bridgehead atoms. The third kappa shape index (κ3) is 5.13. The topological polar surface area (TPSA) is 61.8 Å². The predicted octanol–water partition coefficient (Wildman–Crippen LogP) is 4.67. The molecule has 1 saturated heterocycles. The van der Waals surface area contributed by atoms with Crippen LogP contribution in [-0.4, -0.2) is 40.8 Å². The first-order chi connectivity index (χ1) is 12.1. The summed E-state index contributed by atoms with van der Waals surface area (Å²) in [5.74, 6) is 0.349. The number of likely N-dealkylation sites (tertiary alicyclic amines) is 1. The van der Waals surface area contributed by atoms with Gasteiger partial charge in [-0.25, -0.2) is 4.79 Å². The summed E-state index contributed by atoms with van der Waals surface area (Å²) in [5, 5.41) is 13.7. The molecule has 2 unspecified atom stereocenters. The highest BCUT2D eigenvalue weighted by molar-refractivity contribution is 5.69. The van der Waals surface area contributed by atoms with Crippen molar-refractivity contribution < 1.29 is 14.6 Å². The molecule has 5 nitrogen and oxygen atoms in total. The zero-order valence-electron chi connectivity index (χ0n) is 17.0. The number of carbonyl (C=O) groups is 1. The van der Waals surface area contributed by atoms with Gasteiger partial charge in [-0.15, -0.1) is 0 Å². The van der Waals surface area contributed by atoms with Crippen LogP contribution in [0.2, 0.25) is 0 Å². The van der Waals surface area contributed by atoms with Crippen LogP contribution in [0.15, 0.2) is 18.2 Å². The number of nitrogens with zero attached hydrogens (tertiary/aromatic N) is 1. The number of carbonyl (C=O) groups excluding carboxylic acids is 1. The van der Waals surface area contributed by atoms with Crippen LogP contribution in [0, 0.1) is 0 Å². The van der Waals surface area contributed by atoms with Gasteiger partial charge in [0.05, 0.1) is 12.1 Å². The Balaban J connectivity index is 2.14. The summed E-state index contributed by atoms with van der Waals surface area (Å²) in [4.78, 5) is 14.3. The molecule has 0 spiro atoms. The summed E-state index contributed by atoms with van der Waals surface area (Å²) < 4.78 is 5.55. The maximum absolute atomic E-state index is 12.5. The van der Waals surface area contributed by atoms with E-state index in [1.54, 1.807) is 6.92 Å². The molecule has 1 aromatic rings. The number of para-hydroxylation sites is 1. The molecule has 0 saturated carbocycles. The summed E-state index contributed by atoms with van der Waals surface area (Å²) in [6.45, 7) is 13.1. The number of amides is 1. The highest BCUT2D eigenvalue weighted by atomic mass is 16.6. The van der Waals surface area contributed by atoms with Crippen molar-refractivity contribution in [2.24, 2.45) is 0 Å². The van der Waals surface area contributed by atoms with E-state index < -0.39 is 11.7 Å². The Morgan fingerprint density at radius 3 is 2.54 bits per heavy atom. The van der Waals surface area contributed by atoms with E-state index in [0.29, 0.717) is 12.5 Å². The number of aliphatic hydroxyl groups excluding tert-OH is 1. The van der Waals surface area contributed by atoms with Gasteiger partial charge in [0, 0.05) is 24.3 Å². The molecule has 2 atom stereocenters. The number of aliphatic hydroxyl groups is 1. The van der Waals surface area contributed by atoms with Crippen molar-refractivity contribution in [3.63, 3.8) is 0 Å². The minimum atomic E-state index is -0.540. The lowest BCUT2D eigenvalue weighted by Crippen LogP contribution is -2.42. The molecule has 146 valence electrons. The zero-order valence-corrected chi connectivity index (χ0v) is 17.0. The van der Waals surface area contributed by atoms with Crippen molar-refractivity contribution in [2.75, 3.05) is 18.4 Å². The van der Waals surface area contributed by atoms with E-state index in [1.165, 1.54) is 5.56 Å². The first-order valence-corrected chi connectivity index (χ1v) is 9.64. The molecular weight excluding hydrogens is 328 g/mol. The summed E-state index contributed by atoms with van der Waals surface area (Å²) in [6.07, 6.45) is 1.16. The maximum atomic E-state index is 12.5.